The summed E-state index contributed by atoms with van der Waals surface area (Å²) in [4.78, 5) is 0. The van der Waals surface area contributed by atoms with E-state index in [9.17, 15) is 13.5 Å². The van der Waals surface area contributed by atoms with Crippen molar-refractivity contribution in [1.82, 2.24) is 0 Å². The molecule has 4 nitrogen and oxygen atoms in total. The summed E-state index contributed by atoms with van der Waals surface area (Å²) in [5.74, 6) is 0. The Morgan fingerprint density at radius 2 is 1.17 bits per heavy atom. The van der Waals surface area contributed by atoms with Crippen LogP contribution in [0.1, 0.15) is 104 Å². The van der Waals surface area contributed by atoms with Crippen molar-refractivity contribution in [3.05, 3.63) is 0 Å². The van der Waals surface area contributed by atoms with E-state index >= 15 is 0 Å². The van der Waals surface area contributed by atoms with E-state index in [1.165, 1.54) is 32.1 Å². The predicted molar refractivity (Wildman–Crippen MR) is 97.3 cm³/mol. The highest BCUT2D eigenvalue weighted by atomic mass is 32.2. The maximum atomic E-state index is 11.1. The van der Waals surface area contributed by atoms with Gasteiger partial charge in [-0.1, -0.05) is 78.1 Å². The highest BCUT2D eigenvalue weighted by molar-refractivity contribution is 7.86. The Balaban J connectivity index is 3.40. The molecule has 140 valence electrons. The van der Waals surface area contributed by atoms with Crippen LogP contribution in [0.3, 0.4) is 0 Å². The molecule has 5 heteroatoms. The standard InChI is InChI=1S/C18H38O4S/c1-3-5-11-14-17(19)15-12-9-7-6-8-10-13-16-18(4-2)23(20,21)22/h17-19H,3-16H2,1-2H3,(H,20,21,22). The average molecular weight is 351 g/mol. The quantitative estimate of drug-likeness (QED) is 0.300. The number of aliphatic hydroxyl groups is 1. The van der Waals surface area contributed by atoms with E-state index in [4.69, 9.17) is 4.55 Å². The molecule has 0 heterocycles. The first-order valence-electron chi connectivity index (χ1n) is 9.56. The van der Waals surface area contributed by atoms with Crippen LogP contribution in [0.4, 0.5) is 0 Å². The third-order valence-corrected chi connectivity index (χ3v) is 5.99. The average Bonchev–Trinajstić information content (AvgIpc) is 2.48. The van der Waals surface area contributed by atoms with Crippen molar-refractivity contribution in [2.24, 2.45) is 0 Å². The fraction of sp³-hybridized carbons (Fsp3) is 1.00. The van der Waals surface area contributed by atoms with Gasteiger partial charge >= 0.3 is 0 Å². The molecule has 23 heavy (non-hydrogen) atoms. The maximum absolute atomic E-state index is 11.1. The van der Waals surface area contributed by atoms with Gasteiger partial charge in [-0.05, 0) is 25.7 Å². The van der Waals surface area contributed by atoms with Gasteiger partial charge in [0.05, 0.1) is 11.4 Å². The van der Waals surface area contributed by atoms with Crippen LogP contribution in [0, 0.1) is 0 Å². The first-order valence-corrected chi connectivity index (χ1v) is 11.1. The van der Waals surface area contributed by atoms with E-state index in [1.54, 1.807) is 6.92 Å². The summed E-state index contributed by atoms with van der Waals surface area (Å²) in [6, 6.07) is 0. The van der Waals surface area contributed by atoms with Gasteiger partial charge in [0.2, 0.25) is 0 Å². The van der Waals surface area contributed by atoms with E-state index in [-0.39, 0.29) is 6.10 Å². The normalized spacial score (nSPS) is 14.8. The van der Waals surface area contributed by atoms with Crippen LogP contribution in [-0.2, 0) is 10.1 Å². The largest absolute Gasteiger partial charge is 0.393 e. The zero-order valence-corrected chi connectivity index (χ0v) is 16.0. The monoisotopic (exact) mass is 350 g/mol. The van der Waals surface area contributed by atoms with Crippen molar-refractivity contribution in [3.63, 3.8) is 0 Å². The van der Waals surface area contributed by atoms with Crippen molar-refractivity contribution in [1.29, 1.82) is 0 Å². The molecule has 2 atom stereocenters. The van der Waals surface area contributed by atoms with E-state index in [0.29, 0.717) is 12.8 Å². The lowest BCUT2D eigenvalue weighted by Gasteiger charge is -2.11. The molecule has 0 aliphatic rings. The number of aliphatic hydroxyl groups excluding tert-OH is 1. The summed E-state index contributed by atoms with van der Waals surface area (Å²) >= 11 is 0. The lowest BCUT2D eigenvalue weighted by molar-refractivity contribution is 0.147. The second kappa shape index (κ2) is 14.2. The SMILES string of the molecule is CCCCCC(O)CCCCCCCCCC(CC)S(=O)(=O)O. The van der Waals surface area contributed by atoms with Crippen LogP contribution in [0.25, 0.3) is 0 Å². The predicted octanol–water partition coefficient (Wildman–Crippen LogP) is 5.10. The molecule has 0 aromatic rings. The van der Waals surface area contributed by atoms with Gasteiger partial charge in [0.1, 0.15) is 0 Å². The Labute approximate surface area is 143 Å². The highest BCUT2D eigenvalue weighted by Crippen LogP contribution is 2.16. The zero-order chi connectivity index (χ0) is 17.6. The van der Waals surface area contributed by atoms with E-state index in [1.807, 2.05) is 0 Å². The molecule has 0 aliphatic carbocycles. The van der Waals surface area contributed by atoms with Gasteiger partial charge < -0.3 is 5.11 Å². The second-order valence-electron chi connectivity index (χ2n) is 6.75. The Morgan fingerprint density at radius 1 is 0.739 bits per heavy atom. The summed E-state index contributed by atoms with van der Waals surface area (Å²) in [6.07, 6.45) is 14.0. The second-order valence-corrected chi connectivity index (χ2v) is 8.44. The summed E-state index contributed by atoms with van der Waals surface area (Å²) < 4.78 is 31.2. The van der Waals surface area contributed by atoms with Crippen LogP contribution < -0.4 is 0 Å². The first kappa shape index (κ1) is 22.9. The van der Waals surface area contributed by atoms with Crippen molar-refractivity contribution in [2.75, 3.05) is 0 Å². The Hall–Kier alpha value is -0.130. The van der Waals surface area contributed by atoms with Crippen LogP contribution in [0.15, 0.2) is 0 Å². The lowest BCUT2D eigenvalue weighted by atomic mass is 10.0. The van der Waals surface area contributed by atoms with Crippen molar-refractivity contribution >= 4 is 10.1 Å². The van der Waals surface area contributed by atoms with Crippen molar-refractivity contribution in [3.8, 4) is 0 Å². The van der Waals surface area contributed by atoms with Crippen LogP contribution in [0.5, 0.6) is 0 Å². The number of hydrogen-bond acceptors (Lipinski definition) is 3. The summed E-state index contributed by atoms with van der Waals surface area (Å²) in [7, 11) is -3.86. The van der Waals surface area contributed by atoms with Crippen LogP contribution >= 0.6 is 0 Å². The lowest BCUT2D eigenvalue weighted by Crippen LogP contribution is -2.19. The molecule has 0 radical (unpaired) electrons. The Bertz CT molecular complexity index is 354. The summed E-state index contributed by atoms with van der Waals surface area (Å²) in [6.45, 7) is 3.98. The molecule has 2 N–H and O–H groups in total. The molecule has 0 fully saturated rings. The van der Waals surface area contributed by atoms with Gasteiger partial charge in [-0.2, -0.15) is 8.42 Å². The van der Waals surface area contributed by atoms with E-state index in [2.05, 4.69) is 6.92 Å². The molecular formula is C18H38O4S. The van der Waals surface area contributed by atoms with E-state index in [0.717, 1.165) is 44.9 Å². The third-order valence-electron chi connectivity index (χ3n) is 4.58. The van der Waals surface area contributed by atoms with Gasteiger partial charge in [-0.3, -0.25) is 4.55 Å². The molecule has 0 rings (SSSR count). The number of rotatable bonds is 16. The van der Waals surface area contributed by atoms with Crippen molar-refractivity contribution < 1.29 is 18.1 Å². The molecular weight excluding hydrogens is 312 g/mol. The van der Waals surface area contributed by atoms with Crippen LogP contribution in [-0.4, -0.2) is 29.4 Å². The molecule has 0 aromatic heterocycles. The molecule has 0 amide bonds. The van der Waals surface area contributed by atoms with Crippen molar-refractivity contribution in [2.45, 2.75) is 115 Å². The minimum atomic E-state index is -3.86. The Morgan fingerprint density at radius 3 is 1.61 bits per heavy atom. The van der Waals surface area contributed by atoms with E-state index < -0.39 is 15.4 Å². The highest BCUT2D eigenvalue weighted by Gasteiger charge is 2.19. The minimum Gasteiger partial charge on any atom is -0.393 e. The van der Waals surface area contributed by atoms with Gasteiger partial charge in [0, 0.05) is 0 Å². The fourth-order valence-electron chi connectivity index (χ4n) is 2.97. The molecule has 0 saturated heterocycles. The van der Waals surface area contributed by atoms with Gasteiger partial charge in [-0.15, -0.1) is 0 Å². The molecule has 0 aliphatic heterocycles. The summed E-state index contributed by atoms with van der Waals surface area (Å²) in [5.41, 5.74) is 0. The number of unbranched alkanes of at least 4 members (excludes halogenated alkanes) is 8. The number of hydrogen-bond donors (Lipinski definition) is 2. The van der Waals surface area contributed by atoms with Crippen LogP contribution in [0.2, 0.25) is 0 Å². The maximum Gasteiger partial charge on any atom is 0.267 e. The van der Waals surface area contributed by atoms with Gasteiger partial charge in [0.15, 0.2) is 0 Å². The fourth-order valence-corrected chi connectivity index (χ4v) is 3.86. The van der Waals surface area contributed by atoms with Gasteiger partial charge in [-0.25, -0.2) is 0 Å². The first-order chi connectivity index (χ1) is 10.9. The Kier molecular flexibility index (Phi) is 14.2. The molecule has 2 unspecified atom stereocenters. The molecule has 0 aromatic carbocycles. The minimum absolute atomic E-state index is 0.118. The summed E-state index contributed by atoms with van der Waals surface area (Å²) in [5, 5.41) is 9.23. The zero-order valence-electron chi connectivity index (χ0n) is 15.2. The smallest absolute Gasteiger partial charge is 0.267 e. The third kappa shape index (κ3) is 14.0. The van der Waals surface area contributed by atoms with Gasteiger partial charge in [0.25, 0.3) is 10.1 Å². The topological polar surface area (TPSA) is 74.6 Å². The molecule has 0 saturated carbocycles. The molecule has 0 spiro atoms. The molecule has 0 bridgehead atoms.